The van der Waals surface area contributed by atoms with Crippen molar-refractivity contribution < 1.29 is 8.42 Å². The number of rotatable bonds is 7. The first-order chi connectivity index (χ1) is 9.26. The molecule has 0 saturated carbocycles. The molecule has 1 aromatic carbocycles. The molecule has 0 unspecified atom stereocenters. The topological polar surface area (TPSA) is 46.2 Å². The molecule has 1 N–H and O–H groups in total. The van der Waals surface area contributed by atoms with Crippen LogP contribution in [0.5, 0.6) is 0 Å². The molecule has 0 aliphatic rings. The molecule has 0 aliphatic carbocycles. The maximum Gasteiger partial charge on any atom is 0.156 e. The highest BCUT2D eigenvalue weighted by atomic mass is 35.5. The molecular formula is C15H24ClNO2S. The molecule has 5 heteroatoms. The van der Waals surface area contributed by atoms with Crippen molar-refractivity contribution in [2.75, 3.05) is 23.5 Å². The Hall–Kier alpha value is -0.740. The predicted octanol–water partition coefficient (Wildman–Crippen LogP) is 3.48. The molecular weight excluding hydrogens is 294 g/mol. The molecule has 0 aromatic heterocycles. The maximum absolute atomic E-state index is 12.0. The number of aryl methyl sites for hydroxylation is 1. The van der Waals surface area contributed by atoms with Crippen molar-refractivity contribution in [1.82, 2.24) is 0 Å². The van der Waals surface area contributed by atoms with E-state index in [0.29, 0.717) is 12.4 Å². The third kappa shape index (κ3) is 5.33. The molecule has 0 heterocycles. The first kappa shape index (κ1) is 17.3. The molecule has 1 rings (SSSR count). The molecule has 0 amide bonds. The van der Waals surface area contributed by atoms with Crippen LogP contribution in [0.2, 0.25) is 0 Å². The average Bonchev–Trinajstić information content (AvgIpc) is 2.35. The van der Waals surface area contributed by atoms with Crippen molar-refractivity contribution >= 4 is 27.1 Å². The minimum absolute atomic E-state index is 0.141. The zero-order valence-electron chi connectivity index (χ0n) is 12.4. The van der Waals surface area contributed by atoms with Gasteiger partial charge < -0.3 is 5.32 Å². The quantitative estimate of drug-likeness (QED) is 0.783. The van der Waals surface area contributed by atoms with Crippen LogP contribution < -0.4 is 5.32 Å². The molecule has 0 radical (unpaired) electrons. The van der Waals surface area contributed by atoms with E-state index in [1.807, 2.05) is 12.1 Å². The second kappa shape index (κ2) is 7.32. The highest BCUT2D eigenvalue weighted by Gasteiger charge is 2.28. The van der Waals surface area contributed by atoms with Crippen LogP contribution in [0.25, 0.3) is 0 Å². The third-order valence-corrected chi connectivity index (χ3v) is 6.03. The van der Waals surface area contributed by atoms with Crippen molar-refractivity contribution in [3.63, 3.8) is 0 Å². The Morgan fingerprint density at radius 1 is 1.25 bits per heavy atom. The van der Waals surface area contributed by atoms with Crippen LogP contribution in [0.4, 0.5) is 5.69 Å². The van der Waals surface area contributed by atoms with Gasteiger partial charge in [0.15, 0.2) is 9.84 Å². The standard InChI is InChI=1S/C15H24ClNO2S/c1-15(2,3)20(18,19)11-10-17-14-8-4-6-13(12-14)7-5-9-16/h4,6,8,12,17H,5,7,9-11H2,1-3H3. The molecule has 0 atom stereocenters. The fourth-order valence-electron chi connectivity index (χ4n) is 1.74. The van der Waals surface area contributed by atoms with Gasteiger partial charge in [0.1, 0.15) is 0 Å². The van der Waals surface area contributed by atoms with Crippen LogP contribution in [0.3, 0.4) is 0 Å². The largest absolute Gasteiger partial charge is 0.384 e. The van der Waals surface area contributed by atoms with Crippen molar-refractivity contribution in [1.29, 1.82) is 0 Å². The lowest BCUT2D eigenvalue weighted by Crippen LogP contribution is -2.32. The Kier molecular flexibility index (Phi) is 6.34. The van der Waals surface area contributed by atoms with Gasteiger partial charge in [0.05, 0.1) is 10.5 Å². The summed E-state index contributed by atoms with van der Waals surface area (Å²) in [6.07, 6.45) is 1.89. The van der Waals surface area contributed by atoms with E-state index in [1.54, 1.807) is 20.8 Å². The number of benzene rings is 1. The average molecular weight is 318 g/mol. The van der Waals surface area contributed by atoms with Crippen LogP contribution in [-0.2, 0) is 16.3 Å². The van der Waals surface area contributed by atoms with E-state index in [-0.39, 0.29) is 5.75 Å². The Labute approximate surface area is 127 Å². The summed E-state index contributed by atoms with van der Waals surface area (Å²) >= 11 is 5.69. The van der Waals surface area contributed by atoms with E-state index in [1.165, 1.54) is 5.56 Å². The first-order valence-electron chi connectivity index (χ1n) is 6.87. The van der Waals surface area contributed by atoms with Gasteiger partial charge in [-0.2, -0.15) is 0 Å². The summed E-state index contributed by atoms with van der Waals surface area (Å²) in [7, 11) is -3.07. The van der Waals surface area contributed by atoms with Crippen molar-refractivity contribution in [3.8, 4) is 0 Å². The fraction of sp³-hybridized carbons (Fsp3) is 0.600. The highest BCUT2D eigenvalue weighted by molar-refractivity contribution is 7.92. The summed E-state index contributed by atoms with van der Waals surface area (Å²) in [5.41, 5.74) is 2.18. The zero-order valence-corrected chi connectivity index (χ0v) is 14.0. The summed E-state index contributed by atoms with van der Waals surface area (Å²) in [5.74, 6) is 0.796. The van der Waals surface area contributed by atoms with E-state index in [0.717, 1.165) is 18.5 Å². The number of hydrogen-bond donors (Lipinski definition) is 1. The minimum Gasteiger partial charge on any atom is -0.384 e. The van der Waals surface area contributed by atoms with Gasteiger partial charge >= 0.3 is 0 Å². The van der Waals surface area contributed by atoms with Crippen LogP contribution in [0.15, 0.2) is 24.3 Å². The van der Waals surface area contributed by atoms with Crippen molar-refractivity contribution in [2.24, 2.45) is 0 Å². The van der Waals surface area contributed by atoms with Crippen LogP contribution >= 0.6 is 11.6 Å². The molecule has 114 valence electrons. The van der Waals surface area contributed by atoms with E-state index < -0.39 is 14.6 Å². The van der Waals surface area contributed by atoms with E-state index in [9.17, 15) is 8.42 Å². The number of alkyl halides is 1. The van der Waals surface area contributed by atoms with Gasteiger partial charge in [-0.15, -0.1) is 11.6 Å². The van der Waals surface area contributed by atoms with Gasteiger partial charge in [0.2, 0.25) is 0 Å². The molecule has 0 aliphatic heterocycles. The summed E-state index contributed by atoms with van der Waals surface area (Å²) in [6, 6.07) is 8.04. The summed E-state index contributed by atoms with van der Waals surface area (Å²) < 4.78 is 23.3. The van der Waals surface area contributed by atoms with Crippen LogP contribution in [-0.4, -0.2) is 31.3 Å². The second-order valence-electron chi connectivity index (χ2n) is 5.85. The predicted molar refractivity (Wildman–Crippen MR) is 87.5 cm³/mol. The Balaban J connectivity index is 2.54. The van der Waals surface area contributed by atoms with Crippen LogP contribution in [0.1, 0.15) is 32.8 Å². The molecule has 0 bridgehead atoms. The Morgan fingerprint density at radius 3 is 2.55 bits per heavy atom. The lowest BCUT2D eigenvalue weighted by molar-refractivity contribution is 0.560. The Morgan fingerprint density at radius 2 is 1.95 bits per heavy atom. The van der Waals surface area contributed by atoms with Gasteiger partial charge in [-0.1, -0.05) is 12.1 Å². The number of halogens is 1. The maximum atomic E-state index is 12.0. The second-order valence-corrected chi connectivity index (χ2v) is 9.09. The van der Waals surface area contributed by atoms with Crippen molar-refractivity contribution in [3.05, 3.63) is 29.8 Å². The number of sulfone groups is 1. The number of anilines is 1. The molecule has 20 heavy (non-hydrogen) atoms. The Bertz CT molecular complexity index is 521. The lowest BCUT2D eigenvalue weighted by atomic mass is 10.1. The van der Waals surface area contributed by atoms with Gasteiger partial charge in [-0.25, -0.2) is 8.42 Å². The fourth-order valence-corrected chi connectivity index (χ4v) is 2.86. The number of hydrogen-bond acceptors (Lipinski definition) is 3. The molecule has 3 nitrogen and oxygen atoms in total. The van der Waals surface area contributed by atoms with E-state index >= 15 is 0 Å². The molecule has 0 spiro atoms. The zero-order chi connectivity index (χ0) is 15.2. The summed E-state index contributed by atoms with van der Waals surface area (Å²) in [4.78, 5) is 0. The van der Waals surface area contributed by atoms with E-state index in [2.05, 4.69) is 17.4 Å². The molecule has 0 fully saturated rings. The van der Waals surface area contributed by atoms with Gasteiger partial charge in [-0.3, -0.25) is 0 Å². The monoisotopic (exact) mass is 317 g/mol. The summed E-state index contributed by atoms with van der Waals surface area (Å²) in [5, 5.41) is 3.18. The SMILES string of the molecule is CC(C)(C)S(=O)(=O)CCNc1cccc(CCCCl)c1. The van der Waals surface area contributed by atoms with Gasteiger partial charge in [0.25, 0.3) is 0 Å². The number of nitrogens with one attached hydrogen (secondary N) is 1. The molecule has 0 saturated heterocycles. The summed E-state index contributed by atoms with van der Waals surface area (Å²) in [6.45, 7) is 5.62. The minimum atomic E-state index is -3.07. The van der Waals surface area contributed by atoms with Crippen molar-refractivity contribution in [2.45, 2.75) is 38.4 Å². The van der Waals surface area contributed by atoms with Crippen LogP contribution in [0, 0.1) is 0 Å². The van der Waals surface area contributed by atoms with Gasteiger partial charge in [0, 0.05) is 18.1 Å². The smallest absolute Gasteiger partial charge is 0.156 e. The lowest BCUT2D eigenvalue weighted by Gasteiger charge is -2.19. The highest BCUT2D eigenvalue weighted by Crippen LogP contribution is 2.16. The first-order valence-corrected chi connectivity index (χ1v) is 9.06. The normalized spacial score (nSPS) is 12.4. The van der Waals surface area contributed by atoms with Gasteiger partial charge in [-0.05, 0) is 51.3 Å². The molecule has 1 aromatic rings. The van der Waals surface area contributed by atoms with E-state index in [4.69, 9.17) is 11.6 Å². The third-order valence-electron chi connectivity index (χ3n) is 3.16.